The van der Waals surface area contributed by atoms with Crippen molar-refractivity contribution >= 4 is 40.8 Å². The van der Waals surface area contributed by atoms with Crippen molar-refractivity contribution in [3.8, 4) is 0 Å². The number of halogens is 1. The van der Waals surface area contributed by atoms with E-state index in [0.29, 0.717) is 10.7 Å². The molecule has 1 aliphatic rings. The molecule has 1 saturated heterocycles. The molecule has 28 heavy (non-hydrogen) atoms. The average Bonchev–Trinajstić information content (AvgIpc) is 3.04. The highest BCUT2D eigenvalue weighted by Crippen LogP contribution is 2.26. The van der Waals surface area contributed by atoms with Crippen molar-refractivity contribution in [1.29, 1.82) is 0 Å². The van der Waals surface area contributed by atoms with E-state index in [0.717, 1.165) is 16.8 Å². The third kappa shape index (κ3) is 4.70. The van der Waals surface area contributed by atoms with Crippen LogP contribution < -0.4 is 10.2 Å². The van der Waals surface area contributed by atoms with Gasteiger partial charge in [-0.1, -0.05) is 29.8 Å². The standard InChI is InChI=1S/C21H21ClN2O4/c1-13-4-3-5-17(8-13)24-11-15(9-20(24)26)21(27)28-12-19(25)23-18-10-16(22)7-6-14(18)2/h3-8,10,15H,9,11-12H2,1-2H3,(H,23,25)/t15-/m1/s1. The fraction of sp³-hybridized carbons (Fsp3) is 0.286. The minimum atomic E-state index is -0.589. The van der Waals surface area contributed by atoms with E-state index in [9.17, 15) is 14.4 Å². The van der Waals surface area contributed by atoms with Crippen LogP contribution in [-0.4, -0.2) is 30.9 Å². The zero-order chi connectivity index (χ0) is 20.3. The van der Waals surface area contributed by atoms with Crippen LogP contribution in [0.3, 0.4) is 0 Å². The maximum absolute atomic E-state index is 12.3. The smallest absolute Gasteiger partial charge is 0.311 e. The molecule has 6 nitrogen and oxygen atoms in total. The van der Waals surface area contributed by atoms with Gasteiger partial charge in [-0.3, -0.25) is 14.4 Å². The van der Waals surface area contributed by atoms with Crippen LogP contribution in [0.2, 0.25) is 5.02 Å². The Morgan fingerprint density at radius 2 is 2.00 bits per heavy atom. The highest BCUT2D eigenvalue weighted by atomic mass is 35.5. The van der Waals surface area contributed by atoms with E-state index in [-0.39, 0.29) is 18.9 Å². The monoisotopic (exact) mass is 400 g/mol. The van der Waals surface area contributed by atoms with Gasteiger partial charge in [0.15, 0.2) is 6.61 Å². The van der Waals surface area contributed by atoms with E-state index in [2.05, 4.69) is 5.32 Å². The van der Waals surface area contributed by atoms with Gasteiger partial charge in [0.2, 0.25) is 5.91 Å². The number of hydrogen-bond donors (Lipinski definition) is 1. The number of anilines is 2. The second-order valence-corrected chi connectivity index (χ2v) is 7.30. The predicted molar refractivity (Wildman–Crippen MR) is 107 cm³/mol. The molecule has 0 aliphatic carbocycles. The molecule has 0 bridgehead atoms. The van der Waals surface area contributed by atoms with Crippen molar-refractivity contribution in [1.82, 2.24) is 0 Å². The van der Waals surface area contributed by atoms with Crippen molar-refractivity contribution in [3.63, 3.8) is 0 Å². The van der Waals surface area contributed by atoms with E-state index in [4.69, 9.17) is 16.3 Å². The summed E-state index contributed by atoms with van der Waals surface area (Å²) < 4.78 is 5.12. The number of ether oxygens (including phenoxy) is 1. The van der Waals surface area contributed by atoms with Crippen LogP contribution in [0.4, 0.5) is 11.4 Å². The van der Waals surface area contributed by atoms with E-state index < -0.39 is 24.4 Å². The number of amides is 2. The fourth-order valence-electron chi connectivity index (χ4n) is 3.08. The first-order valence-corrected chi connectivity index (χ1v) is 9.31. The first-order valence-electron chi connectivity index (χ1n) is 8.93. The van der Waals surface area contributed by atoms with Gasteiger partial charge in [0, 0.05) is 29.4 Å². The van der Waals surface area contributed by atoms with Crippen molar-refractivity contribution in [2.45, 2.75) is 20.3 Å². The van der Waals surface area contributed by atoms with E-state index in [1.807, 2.05) is 38.1 Å². The number of hydrogen-bond acceptors (Lipinski definition) is 4. The molecular weight excluding hydrogens is 380 g/mol. The average molecular weight is 401 g/mol. The van der Waals surface area contributed by atoms with E-state index >= 15 is 0 Å². The minimum absolute atomic E-state index is 0.0712. The summed E-state index contributed by atoms with van der Waals surface area (Å²) >= 11 is 5.93. The zero-order valence-electron chi connectivity index (χ0n) is 15.7. The predicted octanol–water partition coefficient (Wildman–Crippen LogP) is 3.49. The van der Waals surface area contributed by atoms with Crippen LogP contribution in [0, 0.1) is 19.8 Å². The van der Waals surface area contributed by atoms with Gasteiger partial charge in [-0.15, -0.1) is 0 Å². The van der Waals surface area contributed by atoms with Crippen LogP contribution in [0.15, 0.2) is 42.5 Å². The molecule has 2 aromatic rings. The molecule has 0 saturated carbocycles. The zero-order valence-corrected chi connectivity index (χ0v) is 16.5. The lowest BCUT2D eigenvalue weighted by atomic mass is 10.1. The molecule has 0 unspecified atom stereocenters. The molecule has 146 valence electrons. The highest BCUT2D eigenvalue weighted by molar-refractivity contribution is 6.31. The van der Waals surface area contributed by atoms with Gasteiger partial charge >= 0.3 is 5.97 Å². The summed E-state index contributed by atoms with van der Waals surface area (Å²) in [4.78, 5) is 38.2. The Morgan fingerprint density at radius 3 is 2.75 bits per heavy atom. The minimum Gasteiger partial charge on any atom is -0.455 e. The van der Waals surface area contributed by atoms with Gasteiger partial charge in [0.25, 0.3) is 5.91 Å². The van der Waals surface area contributed by atoms with Gasteiger partial charge in [0.1, 0.15) is 0 Å². The molecule has 7 heteroatoms. The summed E-state index contributed by atoms with van der Waals surface area (Å²) in [6.45, 7) is 3.61. The largest absolute Gasteiger partial charge is 0.455 e. The van der Waals surface area contributed by atoms with Gasteiger partial charge in [-0.05, 0) is 49.2 Å². The Hall–Kier alpha value is -2.86. The van der Waals surface area contributed by atoms with Crippen molar-refractivity contribution in [3.05, 3.63) is 58.6 Å². The number of aryl methyl sites for hydroxylation is 2. The van der Waals surface area contributed by atoms with Crippen LogP contribution >= 0.6 is 11.6 Å². The second kappa shape index (κ2) is 8.44. The third-order valence-corrected chi connectivity index (χ3v) is 4.83. The van der Waals surface area contributed by atoms with Crippen LogP contribution in [0.1, 0.15) is 17.5 Å². The van der Waals surface area contributed by atoms with E-state index in [1.165, 1.54) is 0 Å². The second-order valence-electron chi connectivity index (χ2n) is 6.86. The lowest BCUT2D eigenvalue weighted by Gasteiger charge is -2.17. The molecule has 0 aromatic heterocycles. The molecular formula is C21H21ClN2O4. The summed E-state index contributed by atoms with van der Waals surface area (Å²) in [5.74, 6) is -1.74. The van der Waals surface area contributed by atoms with Crippen molar-refractivity contribution < 1.29 is 19.1 Å². The first kappa shape index (κ1) is 19.9. The lowest BCUT2D eigenvalue weighted by molar-refractivity contribution is -0.151. The van der Waals surface area contributed by atoms with Crippen molar-refractivity contribution in [2.24, 2.45) is 5.92 Å². The molecule has 1 N–H and O–H groups in total. The maximum Gasteiger partial charge on any atom is 0.311 e. The van der Waals surface area contributed by atoms with Crippen molar-refractivity contribution in [2.75, 3.05) is 23.4 Å². The topological polar surface area (TPSA) is 75.7 Å². The molecule has 0 spiro atoms. The number of esters is 1. The van der Waals surface area contributed by atoms with Gasteiger partial charge in [0.05, 0.1) is 5.92 Å². The van der Waals surface area contributed by atoms with Gasteiger partial charge < -0.3 is 15.0 Å². The first-order chi connectivity index (χ1) is 13.3. The number of carbonyl (C=O) groups is 3. The number of nitrogens with one attached hydrogen (secondary N) is 1. The molecule has 1 aliphatic heterocycles. The Balaban J connectivity index is 1.54. The highest BCUT2D eigenvalue weighted by Gasteiger charge is 2.36. The Kier molecular flexibility index (Phi) is 5.99. The summed E-state index contributed by atoms with van der Waals surface area (Å²) in [6, 6.07) is 12.7. The van der Waals surface area contributed by atoms with Crippen LogP contribution in [0.25, 0.3) is 0 Å². The molecule has 1 fully saturated rings. The number of carbonyl (C=O) groups excluding carboxylic acids is 3. The molecule has 3 rings (SSSR count). The Bertz CT molecular complexity index is 928. The third-order valence-electron chi connectivity index (χ3n) is 4.59. The normalized spacial score (nSPS) is 16.2. The van der Waals surface area contributed by atoms with Crippen LogP contribution in [-0.2, 0) is 19.1 Å². The summed E-state index contributed by atoms with van der Waals surface area (Å²) in [7, 11) is 0. The quantitative estimate of drug-likeness (QED) is 0.779. The van der Waals surface area contributed by atoms with Crippen LogP contribution in [0.5, 0.6) is 0 Å². The van der Waals surface area contributed by atoms with E-state index in [1.54, 1.807) is 23.1 Å². The molecule has 2 aromatic carbocycles. The summed E-state index contributed by atoms with van der Waals surface area (Å²) in [5, 5.41) is 3.17. The lowest BCUT2D eigenvalue weighted by Crippen LogP contribution is -2.28. The fourth-order valence-corrected chi connectivity index (χ4v) is 3.25. The molecule has 1 heterocycles. The Labute approximate surface area is 168 Å². The maximum atomic E-state index is 12.3. The number of benzene rings is 2. The summed E-state index contributed by atoms with van der Waals surface area (Å²) in [6.07, 6.45) is 0.0712. The SMILES string of the molecule is Cc1cccc(N2C[C@H](C(=O)OCC(=O)Nc3cc(Cl)ccc3C)CC2=O)c1. The molecule has 1 atom stereocenters. The number of rotatable bonds is 5. The molecule has 0 radical (unpaired) electrons. The number of nitrogens with zero attached hydrogens (tertiary/aromatic N) is 1. The Morgan fingerprint density at radius 1 is 1.21 bits per heavy atom. The summed E-state index contributed by atoms with van der Waals surface area (Å²) in [5.41, 5.74) is 3.20. The van der Waals surface area contributed by atoms with Gasteiger partial charge in [-0.25, -0.2) is 0 Å². The molecule has 2 amide bonds. The van der Waals surface area contributed by atoms with Gasteiger partial charge in [-0.2, -0.15) is 0 Å².